The third-order valence-electron chi connectivity index (χ3n) is 2.61. The summed E-state index contributed by atoms with van der Waals surface area (Å²) < 4.78 is 0. The van der Waals surface area contributed by atoms with Gasteiger partial charge in [-0.25, -0.2) is 0 Å². The van der Waals surface area contributed by atoms with Crippen LogP contribution in [-0.4, -0.2) is 5.78 Å². The van der Waals surface area contributed by atoms with Crippen molar-refractivity contribution >= 4 is 5.78 Å². The Hall–Kier alpha value is -0.330. The SMILES string of the molecule is CCC(=O)CC(C)(C)C(C)C. The number of hydrogen-bond donors (Lipinski definition) is 0. The summed E-state index contributed by atoms with van der Waals surface area (Å²) in [6, 6.07) is 0. The fraction of sp³-hybridized carbons (Fsp3) is 0.900. The zero-order chi connectivity index (χ0) is 9.07. The molecule has 66 valence electrons. The second kappa shape index (κ2) is 3.89. The molecule has 0 aromatic rings. The molecular formula is C10H20O. The lowest BCUT2D eigenvalue weighted by Gasteiger charge is -2.28. The van der Waals surface area contributed by atoms with E-state index in [2.05, 4.69) is 27.7 Å². The van der Waals surface area contributed by atoms with E-state index in [1.807, 2.05) is 6.92 Å². The van der Waals surface area contributed by atoms with Crippen LogP contribution in [0.15, 0.2) is 0 Å². The van der Waals surface area contributed by atoms with Gasteiger partial charge in [0.25, 0.3) is 0 Å². The van der Waals surface area contributed by atoms with Crippen LogP contribution in [0.3, 0.4) is 0 Å². The van der Waals surface area contributed by atoms with E-state index in [1.165, 1.54) is 0 Å². The highest BCUT2D eigenvalue weighted by molar-refractivity contribution is 5.78. The summed E-state index contributed by atoms with van der Waals surface area (Å²) in [5.41, 5.74) is 0.174. The zero-order valence-electron chi connectivity index (χ0n) is 8.40. The second-order valence-electron chi connectivity index (χ2n) is 4.21. The first-order chi connectivity index (χ1) is 4.90. The topological polar surface area (TPSA) is 17.1 Å². The van der Waals surface area contributed by atoms with Gasteiger partial charge in [-0.2, -0.15) is 0 Å². The van der Waals surface area contributed by atoms with Crippen LogP contribution in [0.4, 0.5) is 0 Å². The lowest BCUT2D eigenvalue weighted by atomic mass is 9.77. The molecule has 0 bridgehead atoms. The molecule has 0 saturated heterocycles. The van der Waals surface area contributed by atoms with Gasteiger partial charge in [-0.05, 0) is 11.3 Å². The molecular weight excluding hydrogens is 136 g/mol. The highest BCUT2D eigenvalue weighted by Gasteiger charge is 2.24. The molecule has 0 fully saturated rings. The minimum absolute atomic E-state index is 0.174. The van der Waals surface area contributed by atoms with Gasteiger partial charge in [0.2, 0.25) is 0 Å². The largest absolute Gasteiger partial charge is 0.300 e. The molecule has 0 rings (SSSR count). The first kappa shape index (κ1) is 10.7. The van der Waals surface area contributed by atoms with Gasteiger partial charge in [0.1, 0.15) is 5.78 Å². The molecule has 0 aromatic carbocycles. The van der Waals surface area contributed by atoms with E-state index in [0.29, 0.717) is 18.1 Å². The quantitative estimate of drug-likeness (QED) is 0.611. The van der Waals surface area contributed by atoms with Crippen molar-refractivity contribution in [1.29, 1.82) is 0 Å². The van der Waals surface area contributed by atoms with Gasteiger partial charge in [-0.1, -0.05) is 34.6 Å². The van der Waals surface area contributed by atoms with Crippen molar-refractivity contribution in [2.45, 2.75) is 47.5 Å². The fourth-order valence-electron chi connectivity index (χ4n) is 0.837. The van der Waals surface area contributed by atoms with Gasteiger partial charge in [0, 0.05) is 12.8 Å². The summed E-state index contributed by atoms with van der Waals surface area (Å²) in [5, 5.41) is 0. The van der Waals surface area contributed by atoms with Gasteiger partial charge in [-0.15, -0.1) is 0 Å². The maximum Gasteiger partial charge on any atom is 0.133 e. The maximum atomic E-state index is 11.1. The summed E-state index contributed by atoms with van der Waals surface area (Å²) in [6.07, 6.45) is 1.40. The minimum atomic E-state index is 0.174. The fourth-order valence-corrected chi connectivity index (χ4v) is 0.837. The van der Waals surface area contributed by atoms with E-state index in [0.717, 1.165) is 6.42 Å². The second-order valence-corrected chi connectivity index (χ2v) is 4.21. The summed E-state index contributed by atoms with van der Waals surface area (Å²) >= 11 is 0. The molecule has 0 aliphatic rings. The third kappa shape index (κ3) is 3.54. The lowest BCUT2D eigenvalue weighted by molar-refractivity contribution is -0.121. The van der Waals surface area contributed by atoms with Crippen molar-refractivity contribution in [3.63, 3.8) is 0 Å². The molecule has 0 amide bonds. The van der Waals surface area contributed by atoms with E-state index < -0.39 is 0 Å². The first-order valence-corrected chi connectivity index (χ1v) is 4.42. The van der Waals surface area contributed by atoms with Crippen LogP contribution in [0, 0.1) is 11.3 Å². The molecule has 1 heteroatoms. The Bertz CT molecular complexity index is 134. The molecule has 0 atom stereocenters. The van der Waals surface area contributed by atoms with E-state index in [4.69, 9.17) is 0 Å². The standard InChI is InChI=1S/C10H20O/c1-6-9(11)7-10(4,5)8(2)3/h8H,6-7H2,1-5H3. The molecule has 1 nitrogen and oxygen atoms in total. The smallest absolute Gasteiger partial charge is 0.133 e. The molecule has 0 radical (unpaired) electrons. The Morgan fingerprint density at radius 3 is 2.09 bits per heavy atom. The van der Waals surface area contributed by atoms with Crippen molar-refractivity contribution < 1.29 is 4.79 Å². The van der Waals surface area contributed by atoms with Gasteiger partial charge >= 0.3 is 0 Å². The molecule has 0 spiro atoms. The van der Waals surface area contributed by atoms with Crippen LogP contribution >= 0.6 is 0 Å². The monoisotopic (exact) mass is 156 g/mol. The van der Waals surface area contributed by atoms with E-state index >= 15 is 0 Å². The summed E-state index contributed by atoms with van der Waals surface area (Å²) in [4.78, 5) is 11.1. The molecule has 0 heterocycles. The average molecular weight is 156 g/mol. The highest BCUT2D eigenvalue weighted by Crippen LogP contribution is 2.30. The molecule has 0 aliphatic heterocycles. The van der Waals surface area contributed by atoms with Crippen LogP contribution in [-0.2, 0) is 4.79 Å². The predicted molar refractivity (Wildman–Crippen MR) is 48.5 cm³/mol. The Balaban J connectivity index is 4.01. The van der Waals surface area contributed by atoms with Gasteiger partial charge in [0.05, 0.1) is 0 Å². The number of carbonyl (C=O) groups excluding carboxylic acids is 1. The third-order valence-corrected chi connectivity index (χ3v) is 2.61. The van der Waals surface area contributed by atoms with Crippen LogP contribution in [0.1, 0.15) is 47.5 Å². The normalized spacial score (nSPS) is 12.2. The minimum Gasteiger partial charge on any atom is -0.300 e. The number of hydrogen-bond acceptors (Lipinski definition) is 1. The van der Waals surface area contributed by atoms with Crippen molar-refractivity contribution in [3.8, 4) is 0 Å². The van der Waals surface area contributed by atoms with Gasteiger partial charge < -0.3 is 0 Å². The number of carbonyl (C=O) groups is 1. The maximum absolute atomic E-state index is 11.1. The first-order valence-electron chi connectivity index (χ1n) is 4.42. The molecule has 0 aromatic heterocycles. The average Bonchev–Trinajstić information content (AvgIpc) is 1.86. The summed E-state index contributed by atoms with van der Waals surface area (Å²) in [6.45, 7) is 10.6. The van der Waals surface area contributed by atoms with E-state index in [9.17, 15) is 4.79 Å². The number of Topliss-reactive ketones (excluding diaryl/α,β-unsaturated/α-hetero) is 1. The van der Waals surface area contributed by atoms with Crippen LogP contribution in [0.5, 0.6) is 0 Å². The van der Waals surface area contributed by atoms with E-state index in [-0.39, 0.29) is 5.41 Å². The molecule has 0 N–H and O–H groups in total. The number of ketones is 1. The number of rotatable bonds is 4. The van der Waals surface area contributed by atoms with Gasteiger partial charge in [-0.3, -0.25) is 4.79 Å². The van der Waals surface area contributed by atoms with Crippen LogP contribution < -0.4 is 0 Å². The van der Waals surface area contributed by atoms with E-state index in [1.54, 1.807) is 0 Å². The molecule has 0 unspecified atom stereocenters. The predicted octanol–water partition coefficient (Wildman–Crippen LogP) is 3.04. The molecule has 11 heavy (non-hydrogen) atoms. The summed E-state index contributed by atoms with van der Waals surface area (Å²) in [7, 11) is 0. The van der Waals surface area contributed by atoms with Crippen LogP contribution in [0.25, 0.3) is 0 Å². The Kier molecular flexibility index (Phi) is 3.77. The van der Waals surface area contributed by atoms with Crippen LogP contribution in [0.2, 0.25) is 0 Å². The summed E-state index contributed by atoms with van der Waals surface area (Å²) in [5.74, 6) is 0.960. The van der Waals surface area contributed by atoms with Crippen molar-refractivity contribution in [3.05, 3.63) is 0 Å². The lowest BCUT2D eigenvalue weighted by Crippen LogP contribution is -2.22. The molecule has 0 aliphatic carbocycles. The van der Waals surface area contributed by atoms with Crippen molar-refractivity contribution in [2.24, 2.45) is 11.3 Å². The Morgan fingerprint density at radius 1 is 1.36 bits per heavy atom. The highest BCUT2D eigenvalue weighted by atomic mass is 16.1. The van der Waals surface area contributed by atoms with Crippen molar-refractivity contribution in [2.75, 3.05) is 0 Å². The zero-order valence-corrected chi connectivity index (χ0v) is 8.40. The van der Waals surface area contributed by atoms with Gasteiger partial charge in [0.15, 0.2) is 0 Å². The van der Waals surface area contributed by atoms with Crippen molar-refractivity contribution in [1.82, 2.24) is 0 Å². The Morgan fingerprint density at radius 2 is 1.82 bits per heavy atom. The molecule has 0 saturated carbocycles. The Labute approximate surface area is 70.2 Å².